The molecule has 0 saturated carbocycles. The highest BCUT2D eigenvalue weighted by molar-refractivity contribution is 6.07. The lowest BCUT2D eigenvalue weighted by Gasteiger charge is -2.34. The number of methoxy groups -OCH3 is 1. The highest BCUT2D eigenvalue weighted by Gasteiger charge is 2.31. The third-order valence-corrected chi connectivity index (χ3v) is 8.75. The lowest BCUT2D eigenvalue weighted by Crippen LogP contribution is -2.39. The summed E-state index contributed by atoms with van der Waals surface area (Å²) in [6, 6.07) is 12.5. The summed E-state index contributed by atoms with van der Waals surface area (Å²) in [6.45, 7) is 5.04. The number of likely N-dealkylation sites (tertiary alicyclic amines) is 1. The zero-order valence-electron chi connectivity index (χ0n) is 23.6. The van der Waals surface area contributed by atoms with Crippen LogP contribution in [-0.4, -0.2) is 81.7 Å². The first-order valence-electron chi connectivity index (χ1n) is 14.4. The molecular weight excluding hydrogens is 518 g/mol. The SMILES string of the molecule is COc1cc(C(=O)N2CCc3c(nc(OC[C@@H]4CCCN4C)nc3N3CCn4cncc4C3)C2)c2ccccc2c1. The van der Waals surface area contributed by atoms with Crippen molar-refractivity contribution in [3.8, 4) is 11.8 Å². The maximum atomic E-state index is 14.0. The quantitative estimate of drug-likeness (QED) is 0.358. The van der Waals surface area contributed by atoms with Crippen LogP contribution < -0.4 is 14.4 Å². The Morgan fingerprint density at radius 3 is 2.83 bits per heavy atom. The van der Waals surface area contributed by atoms with Gasteiger partial charge in [0.05, 0.1) is 43.5 Å². The zero-order chi connectivity index (χ0) is 27.9. The van der Waals surface area contributed by atoms with E-state index in [4.69, 9.17) is 19.4 Å². The van der Waals surface area contributed by atoms with Gasteiger partial charge in [0, 0.05) is 37.4 Å². The van der Waals surface area contributed by atoms with Gasteiger partial charge in [-0.1, -0.05) is 24.3 Å². The molecule has 10 heteroatoms. The lowest BCUT2D eigenvalue weighted by molar-refractivity contribution is 0.0732. The van der Waals surface area contributed by atoms with Crippen molar-refractivity contribution in [3.05, 3.63) is 71.4 Å². The van der Waals surface area contributed by atoms with Crippen molar-refractivity contribution in [2.45, 2.75) is 44.9 Å². The van der Waals surface area contributed by atoms with Crippen molar-refractivity contribution < 1.29 is 14.3 Å². The summed E-state index contributed by atoms with van der Waals surface area (Å²) >= 11 is 0. The first-order valence-corrected chi connectivity index (χ1v) is 14.4. The van der Waals surface area contributed by atoms with Crippen LogP contribution in [0.5, 0.6) is 11.8 Å². The maximum Gasteiger partial charge on any atom is 0.318 e. The van der Waals surface area contributed by atoms with E-state index in [0.29, 0.717) is 49.5 Å². The summed E-state index contributed by atoms with van der Waals surface area (Å²) < 4.78 is 14.0. The molecule has 0 N–H and O–H groups in total. The molecule has 3 aliphatic rings. The minimum atomic E-state index is -0.0252. The number of carbonyl (C=O) groups is 1. The Kier molecular flexibility index (Phi) is 6.70. The fraction of sp³-hybridized carbons (Fsp3) is 0.419. The van der Waals surface area contributed by atoms with E-state index in [1.54, 1.807) is 7.11 Å². The first kappa shape index (κ1) is 25.8. The molecule has 0 unspecified atom stereocenters. The third kappa shape index (κ3) is 4.86. The minimum Gasteiger partial charge on any atom is -0.497 e. The predicted molar refractivity (Wildman–Crippen MR) is 155 cm³/mol. The van der Waals surface area contributed by atoms with E-state index >= 15 is 0 Å². The first-order chi connectivity index (χ1) is 20.1. The zero-order valence-corrected chi connectivity index (χ0v) is 23.6. The van der Waals surface area contributed by atoms with Gasteiger partial charge in [-0.15, -0.1) is 0 Å². The topological polar surface area (TPSA) is 88.8 Å². The second-order valence-electron chi connectivity index (χ2n) is 11.2. The van der Waals surface area contributed by atoms with Crippen LogP contribution in [0.15, 0.2) is 48.9 Å². The van der Waals surface area contributed by atoms with Crippen LogP contribution in [0.2, 0.25) is 0 Å². The molecule has 1 fully saturated rings. The van der Waals surface area contributed by atoms with Crippen LogP contribution in [0, 0.1) is 0 Å². The molecule has 2 aromatic carbocycles. The number of amides is 1. The second kappa shape index (κ2) is 10.7. The summed E-state index contributed by atoms with van der Waals surface area (Å²) in [7, 11) is 3.77. The van der Waals surface area contributed by atoms with Crippen molar-refractivity contribution in [1.82, 2.24) is 29.3 Å². The van der Waals surface area contributed by atoms with E-state index in [2.05, 4.69) is 26.4 Å². The lowest BCUT2D eigenvalue weighted by atomic mass is 10.00. The van der Waals surface area contributed by atoms with Crippen LogP contribution in [0.3, 0.4) is 0 Å². The molecule has 1 amide bonds. The van der Waals surface area contributed by atoms with Crippen molar-refractivity contribution >= 4 is 22.5 Å². The van der Waals surface area contributed by atoms with E-state index in [1.807, 2.05) is 53.8 Å². The molecule has 1 saturated heterocycles. The third-order valence-electron chi connectivity index (χ3n) is 8.75. The van der Waals surface area contributed by atoms with Crippen molar-refractivity contribution in [1.29, 1.82) is 0 Å². The number of rotatable bonds is 6. The molecule has 4 aromatic rings. The molecule has 0 spiro atoms. The molecular formula is C31H35N7O3. The van der Waals surface area contributed by atoms with Gasteiger partial charge in [0.1, 0.15) is 18.2 Å². The van der Waals surface area contributed by atoms with E-state index in [0.717, 1.165) is 66.1 Å². The van der Waals surface area contributed by atoms with Crippen molar-refractivity contribution in [2.24, 2.45) is 0 Å². The van der Waals surface area contributed by atoms with Gasteiger partial charge in [-0.05, 0) is 55.8 Å². The predicted octanol–water partition coefficient (Wildman–Crippen LogP) is 3.53. The Hall–Kier alpha value is -4.18. The Labute approximate surface area is 239 Å². The number of aromatic nitrogens is 4. The molecule has 7 rings (SSSR count). The molecule has 212 valence electrons. The van der Waals surface area contributed by atoms with E-state index in [-0.39, 0.29) is 5.91 Å². The van der Waals surface area contributed by atoms with Gasteiger partial charge in [-0.2, -0.15) is 9.97 Å². The van der Waals surface area contributed by atoms with E-state index in [1.165, 1.54) is 6.42 Å². The number of benzene rings is 2. The Morgan fingerprint density at radius 1 is 1.07 bits per heavy atom. The fourth-order valence-corrected chi connectivity index (χ4v) is 6.36. The van der Waals surface area contributed by atoms with Gasteiger partial charge in [0.25, 0.3) is 5.91 Å². The van der Waals surface area contributed by atoms with Gasteiger partial charge in [0.2, 0.25) is 0 Å². The molecule has 3 aliphatic heterocycles. The highest BCUT2D eigenvalue weighted by atomic mass is 16.5. The number of fused-ring (bicyclic) bond motifs is 3. The van der Waals surface area contributed by atoms with E-state index < -0.39 is 0 Å². The van der Waals surface area contributed by atoms with Crippen molar-refractivity contribution in [3.63, 3.8) is 0 Å². The van der Waals surface area contributed by atoms with Crippen LogP contribution in [0.4, 0.5) is 5.82 Å². The number of hydrogen-bond donors (Lipinski definition) is 0. The maximum absolute atomic E-state index is 14.0. The highest BCUT2D eigenvalue weighted by Crippen LogP contribution is 2.33. The molecule has 41 heavy (non-hydrogen) atoms. The molecule has 5 heterocycles. The number of carbonyl (C=O) groups excluding carboxylic acids is 1. The number of likely N-dealkylation sites (N-methyl/N-ethyl adjacent to an activating group) is 1. The normalized spacial score (nSPS) is 18.8. The molecule has 0 radical (unpaired) electrons. The number of nitrogens with zero attached hydrogens (tertiary/aromatic N) is 7. The van der Waals surface area contributed by atoms with Crippen molar-refractivity contribution in [2.75, 3.05) is 45.3 Å². The minimum absolute atomic E-state index is 0.0252. The van der Waals surface area contributed by atoms with Crippen LogP contribution >= 0.6 is 0 Å². The summed E-state index contributed by atoms with van der Waals surface area (Å²) in [5.41, 5.74) is 3.76. The number of ether oxygens (including phenoxy) is 2. The molecule has 0 bridgehead atoms. The van der Waals surface area contributed by atoms with Gasteiger partial charge in [0.15, 0.2) is 0 Å². The number of anilines is 1. The molecule has 2 aromatic heterocycles. The van der Waals surface area contributed by atoms with Crippen LogP contribution in [-0.2, 0) is 26.1 Å². The van der Waals surface area contributed by atoms with Gasteiger partial charge in [-0.3, -0.25) is 4.79 Å². The number of imidazole rings is 1. The standard InChI is InChI=1S/C31H35N7O3/c1-35-10-5-7-22(35)19-41-31-33-28-18-37(30(39)27-15-24(40-2)14-21-6-3-4-8-25(21)27)11-9-26(28)29(34-31)36-12-13-38-20-32-16-23(38)17-36/h3-4,6,8,14-16,20,22H,5,7,9-13,17-19H2,1-2H3/t22-/m0/s1. The van der Waals surface area contributed by atoms with Crippen LogP contribution in [0.25, 0.3) is 10.8 Å². The summed E-state index contributed by atoms with van der Waals surface area (Å²) in [5.74, 6) is 1.56. The Balaban J connectivity index is 1.21. The molecule has 0 aliphatic carbocycles. The Bertz CT molecular complexity index is 1600. The molecule has 1 atom stereocenters. The van der Waals surface area contributed by atoms with Gasteiger partial charge in [-0.25, -0.2) is 4.98 Å². The monoisotopic (exact) mass is 553 g/mol. The summed E-state index contributed by atoms with van der Waals surface area (Å²) in [6.07, 6.45) is 6.78. The van der Waals surface area contributed by atoms with Gasteiger partial charge >= 0.3 is 6.01 Å². The Morgan fingerprint density at radius 2 is 1.98 bits per heavy atom. The molecule has 10 nitrogen and oxygen atoms in total. The fourth-order valence-electron chi connectivity index (χ4n) is 6.36. The summed E-state index contributed by atoms with van der Waals surface area (Å²) in [4.78, 5) is 34.7. The van der Waals surface area contributed by atoms with Crippen LogP contribution in [0.1, 0.15) is 40.2 Å². The number of hydrogen-bond acceptors (Lipinski definition) is 8. The van der Waals surface area contributed by atoms with Gasteiger partial charge < -0.3 is 28.7 Å². The largest absolute Gasteiger partial charge is 0.497 e. The summed E-state index contributed by atoms with van der Waals surface area (Å²) in [5, 5.41) is 1.90. The second-order valence-corrected chi connectivity index (χ2v) is 11.2. The average Bonchev–Trinajstić information content (AvgIpc) is 3.66. The average molecular weight is 554 g/mol. The smallest absolute Gasteiger partial charge is 0.318 e. The van der Waals surface area contributed by atoms with E-state index in [9.17, 15) is 4.79 Å².